The van der Waals surface area contributed by atoms with E-state index in [0.717, 1.165) is 32.1 Å². The summed E-state index contributed by atoms with van der Waals surface area (Å²) in [6.07, 6.45) is 14.3. The van der Waals surface area contributed by atoms with Gasteiger partial charge in [-0.15, -0.1) is 0 Å². The molecule has 0 amide bonds. The summed E-state index contributed by atoms with van der Waals surface area (Å²) in [6.45, 7) is 5.04. The van der Waals surface area contributed by atoms with Crippen molar-refractivity contribution < 1.29 is 19.4 Å². The standard InChI is InChI=1S/C25H38O4/c1-3-23(28)29-14-4-5-17-7-9-22-20-8-6-18-15-19(27)10-12-24(18,2)21(20)11-13-25(17,22)16-26/h10,12,17-18,20-22,26H,3-9,11,13-16H2,1-2H3/t17-,18+,20-,21+,22+,24+,25+/m1/s1. The van der Waals surface area contributed by atoms with E-state index in [1.54, 1.807) is 0 Å². The Kier molecular flexibility index (Phi) is 5.94. The molecule has 3 fully saturated rings. The fraction of sp³-hybridized carbons (Fsp3) is 0.840. The molecule has 0 bridgehead atoms. The van der Waals surface area contributed by atoms with Crippen molar-refractivity contribution in [2.45, 2.75) is 78.1 Å². The third kappa shape index (κ3) is 3.49. The minimum Gasteiger partial charge on any atom is -0.466 e. The van der Waals surface area contributed by atoms with Crippen molar-refractivity contribution >= 4 is 11.8 Å². The molecule has 0 spiro atoms. The number of aliphatic hydroxyl groups is 1. The highest BCUT2D eigenvalue weighted by Crippen LogP contribution is 2.66. The van der Waals surface area contributed by atoms with E-state index in [1.807, 2.05) is 13.0 Å². The molecular weight excluding hydrogens is 364 g/mol. The normalized spacial score (nSPS) is 43.4. The predicted octanol–water partition coefficient (Wildman–Crippen LogP) is 4.70. The first kappa shape index (κ1) is 21.1. The van der Waals surface area contributed by atoms with E-state index < -0.39 is 0 Å². The van der Waals surface area contributed by atoms with Crippen LogP contribution in [0.4, 0.5) is 0 Å². The second-order valence-corrected chi connectivity index (χ2v) is 10.4. The molecule has 162 valence electrons. The number of carbonyl (C=O) groups is 2. The highest BCUT2D eigenvalue weighted by molar-refractivity contribution is 5.91. The Morgan fingerprint density at radius 1 is 1.21 bits per heavy atom. The van der Waals surface area contributed by atoms with Crippen LogP contribution in [-0.2, 0) is 14.3 Å². The summed E-state index contributed by atoms with van der Waals surface area (Å²) < 4.78 is 5.28. The first-order valence-corrected chi connectivity index (χ1v) is 11.9. The number of ether oxygens (including phenoxy) is 1. The van der Waals surface area contributed by atoms with Crippen molar-refractivity contribution in [1.82, 2.24) is 0 Å². The molecular formula is C25H38O4. The minimum atomic E-state index is -0.115. The predicted molar refractivity (Wildman–Crippen MR) is 112 cm³/mol. The molecule has 0 aromatic heterocycles. The van der Waals surface area contributed by atoms with Crippen molar-refractivity contribution in [1.29, 1.82) is 0 Å². The Morgan fingerprint density at radius 3 is 2.79 bits per heavy atom. The Hall–Kier alpha value is -1.16. The van der Waals surface area contributed by atoms with Gasteiger partial charge in [-0.2, -0.15) is 0 Å². The van der Waals surface area contributed by atoms with Gasteiger partial charge in [-0.1, -0.05) is 19.9 Å². The minimum absolute atomic E-state index is 0.0628. The maximum Gasteiger partial charge on any atom is 0.305 e. The summed E-state index contributed by atoms with van der Waals surface area (Å²) in [7, 11) is 0. The lowest BCUT2D eigenvalue weighted by Crippen LogP contribution is -2.54. The molecule has 0 unspecified atom stereocenters. The van der Waals surface area contributed by atoms with Crippen molar-refractivity contribution in [3.8, 4) is 0 Å². The zero-order valence-corrected chi connectivity index (χ0v) is 18.2. The van der Waals surface area contributed by atoms with Gasteiger partial charge in [0.1, 0.15) is 0 Å². The summed E-state index contributed by atoms with van der Waals surface area (Å²) in [4.78, 5) is 23.4. The maximum atomic E-state index is 12.0. The van der Waals surface area contributed by atoms with Gasteiger partial charge in [0.15, 0.2) is 5.78 Å². The van der Waals surface area contributed by atoms with Gasteiger partial charge in [-0.3, -0.25) is 9.59 Å². The van der Waals surface area contributed by atoms with Crippen LogP contribution >= 0.6 is 0 Å². The van der Waals surface area contributed by atoms with Crippen LogP contribution in [0.15, 0.2) is 12.2 Å². The number of aliphatic hydroxyl groups excluding tert-OH is 1. The Bertz CT molecular complexity index is 670. The molecule has 0 aromatic carbocycles. The van der Waals surface area contributed by atoms with Crippen LogP contribution in [0.5, 0.6) is 0 Å². The number of allylic oxidation sites excluding steroid dienone is 2. The molecule has 7 atom stereocenters. The molecule has 0 radical (unpaired) electrons. The van der Waals surface area contributed by atoms with Crippen LogP contribution in [-0.4, -0.2) is 30.1 Å². The van der Waals surface area contributed by atoms with Gasteiger partial charge in [0.05, 0.1) is 6.61 Å². The fourth-order valence-corrected chi connectivity index (χ4v) is 7.93. The molecule has 1 N–H and O–H groups in total. The van der Waals surface area contributed by atoms with E-state index in [9.17, 15) is 14.7 Å². The SMILES string of the molecule is CCC(=O)OCCC[C@@H]1CC[C@H]2[C@@H]3CC[C@H]4CC(=O)C=C[C@]4(C)[C@H]3CC[C@]12CO. The van der Waals surface area contributed by atoms with E-state index in [2.05, 4.69) is 13.0 Å². The average Bonchev–Trinajstić information content (AvgIpc) is 3.10. The smallest absolute Gasteiger partial charge is 0.305 e. The quantitative estimate of drug-likeness (QED) is 0.517. The van der Waals surface area contributed by atoms with Gasteiger partial charge in [0, 0.05) is 19.4 Å². The fourth-order valence-electron chi connectivity index (χ4n) is 7.93. The van der Waals surface area contributed by atoms with Crippen LogP contribution in [0.25, 0.3) is 0 Å². The Morgan fingerprint density at radius 2 is 2.03 bits per heavy atom. The van der Waals surface area contributed by atoms with E-state index in [1.165, 1.54) is 25.7 Å². The molecule has 4 heteroatoms. The lowest BCUT2D eigenvalue weighted by Gasteiger charge is -2.59. The third-order valence-electron chi connectivity index (χ3n) is 9.48. The van der Waals surface area contributed by atoms with Crippen molar-refractivity contribution in [2.75, 3.05) is 13.2 Å². The third-order valence-corrected chi connectivity index (χ3v) is 9.48. The molecule has 4 aliphatic rings. The molecule has 3 saturated carbocycles. The zero-order chi connectivity index (χ0) is 20.6. The summed E-state index contributed by atoms with van der Waals surface area (Å²) in [5.74, 6) is 3.18. The van der Waals surface area contributed by atoms with Crippen LogP contribution in [0.1, 0.15) is 78.1 Å². The maximum absolute atomic E-state index is 12.0. The number of esters is 1. The van der Waals surface area contributed by atoms with Crippen LogP contribution in [0.2, 0.25) is 0 Å². The van der Waals surface area contributed by atoms with Crippen LogP contribution < -0.4 is 0 Å². The van der Waals surface area contributed by atoms with Crippen molar-refractivity contribution in [3.05, 3.63) is 12.2 Å². The Balaban J connectivity index is 1.46. The van der Waals surface area contributed by atoms with Gasteiger partial charge in [0.25, 0.3) is 0 Å². The topological polar surface area (TPSA) is 63.6 Å². The summed E-state index contributed by atoms with van der Waals surface area (Å²) in [5.41, 5.74) is 0.220. The number of hydrogen-bond acceptors (Lipinski definition) is 4. The molecule has 0 saturated heterocycles. The molecule has 4 aliphatic carbocycles. The second-order valence-electron chi connectivity index (χ2n) is 10.4. The highest BCUT2D eigenvalue weighted by Gasteiger charge is 2.60. The largest absolute Gasteiger partial charge is 0.466 e. The van der Waals surface area contributed by atoms with E-state index >= 15 is 0 Å². The number of rotatable bonds is 6. The average molecular weight is 403 g/mol. The number of carbonyl (C=O) groups excluding carboxylic acids is 2. The van der Waals surface area contributed by atoms with Gasteiger partial charge in [-0.05, 0) is 97.9 Å². The van der Waals surface area contributed by atoms with E-state index in [4.69, 9.17) is 4.74 Å². The number of hydrogen-bond donors (Lipinski definition) is 1. The zero-order valence-electron chi connectivity index (χ0n) is 18.2. The van der Waals surface area contributed by atoms with E-state index in [-0.39, 0.29) is 16.8 Å². The van der Waals surface area contributed by atoms with Crippen LogP contribution in [0, 0.1) is 40.4 Å². The molecule has 29 heavy (non-hydrogen) atoms. The van der Waals surface area contributed by atoms with Gasteiger partial charge >= 0.3 is 5.97 Å². The number of fused-ring (bicyclic) bond motifs is 5. The summed E-state index contributed by atoms with van der Waals surface area (Å²) in [6, 6.07) is 0. The van der Waals surface area contributed by atoms with Gasteiger partial charge in [-0.25, -0.2) is 0 Å². The van der Waals surface area contributed by atoms with Crippen LogP contribution in [0.3, 0.4) is 0 Å². The van der Waals surface area contributed by atoms with Crippen molar-refractivity contribution in [2.24, 2.45) is 40.4 Å². The monoisotopic (exact) mass is 402 g/mol. The second kappa shape index (κ2) is 8.17. The molecule has 4 rings (SSSR count). The number of ketones is 1. The molecule has 0 heterocycles. The first-order valence-electron chi connectivity index (χ1n) is 11.9. The van der Waals surface area contributed by atoms with Crippen molar-refractivity contribution in [3.63, 3.8) is 0 Å². The lowest BCUT2D eigenvalue weighted by molar-refractivity contribution is -0.143. The molecule has 4 nitrogen and oxygen atoms in total. The molecule has 0 aliphatic heterocycles. The summed E-state index contributed by atoms with van der Waals surface area (Å²) >= 11 is 0. The summed E-state index contributed by atoms with van der Waals surface area (Å²) in [5, 5.41) is 10.6. The van der Waals surface area contributed by atoms with Gasteiger partial charge < -0.3 is 9.84 Å². The molecule has 0 aromatic rings. The van der Waals surface area contributed by atoms with Gasteiger partial charge in [0.2, 0.25) is 0 Å². The Labute approximate surface area is 175 Å². The highest BCUT2D eigenvalue weighted by atomic mass is 16.5. The van der Waals surface area contributed by atoms with E-state index in [0.29, 0.717) is 55.0 Å². The lowest BCUT2D eigenvalue weighted by atomic mass is 9.45. The first-order chi connectivity index (χ1) is 13.9.